The summed E-state index contributed by atoms with van der Waals surface area (Å²) in [5, 5.41) is 0. The molecule has 29 heavy (non-hydrogen) atoms. The van der Waals surface area contributed by atoms with Gasteiger partial charge < -0.3 is 4.74 Å². The average molecular weight is 516 g/mol. The maximum atomic E-state index is 15.0. The molecule has 4 rings (SSSR count). The summed E-state index contributed by atoms with van der Waals surface area (Å²) in [6.07, 6.45) is 14.2. The first-order chi connectivity index (χ1) is 13.8. The van der Waals surface area contributed by atoms with Gasteiger partial charge in [-0.2, -0.15) is 8.78 Å². The molecule has 0 aromatic rings. The number of rotatable bonds is 5. The Hall–Kier alpha value is -0.390. The first-order valence-corrected chi connectivity index (χ1v) is 12.9. The van der Waals surface area contributed by atoms with Gasteiger partial charge in [0.1, 0.15) is 5.76 Å². The predicted molar refractivity (Wildman–Crippen MR) is 123 cm³/mol. The Morgan fingerprint density at radius 1 is 0.931 bits per heavy atom. The molecule has 0 saturated heterocycles. The fraction of sp³-hybridized carbons (Fsp3) is 0.760. The lowest BCUT2D eigenvalue weighted by atomic mass is 9.69. The minimum Gasteiger partial charge on any atom is -0.433 e. The standard InChI is InChI=1S/C25H35F2IO/c1-16-3-6-18(7-4-16)19-8-10-21(11-9-19)25(26,27)29-22-12-5-17(2)13-20(14-22)23-15-24(23)28/h5,12-14,16,18-21,23-24H,3-4,6-11,15H2,1-2H3. The first kappa shape index (κ1) is 21.8. The second-order valence-electron chi connectivity index (χ2n) is 10.1. The van der Waals surface area contributed by atoms with Crippen LogP contribution in [0.4, 0.5) is 8.78 Å². The summed E-state index contributed by atoms with van der Waals surface area (Å²) < 4.78 is 36.1. The van der Waals surface area contributed by atoms with Crippen LogP contribution in [0.25, 0.3) is 0 Å². The maximum Gasteiger partial charge on any atom is 0.400 e. The van der Waals surface area contributed by atoms with Crippen LogP contribution in [0.5, 0.6) is 0 Å². The van der Waals surface area contributed by atoms with Gasteiger partial charge in [0.2, 0.25) is 0 Å². The quantitative estimate of drug-likeness (QED) is 0.265. The predicted octanol–water partition coefficient (Wildman–Crippen LogP) is 8.07. The molecule has 3 fully saturated rings. The van der Waals surface area contributed by atoms with Gasteiger partial charge >= 0.3 is 6.11 Å². The minimum absolute atomic E-state index is 0.210. The van der Waals surface area contributed by atoms with Crippen LogP contribution in [0.15, 0.2) is 35.6 Å². The van der Waals surface area contributed by atoms with Gasteiger partial charge in [-0.05, 0) is 87.7 Å². The highest BCUT2D eigenvalue weighted by molar-refractivity contribution is 14.1. The molecule has 0 bridgehead atoms. The Kier molecular flexibility index (Phi) is 6.77. The molecule has 3 unspecified atom stereocenters. The summed E-state index contributed by atoms with van der Waals surface area (Å²) in [6, 6.07) is 0. The van der Waals surface area contributed by atoms with Crippen molar-refractivity contribution in [1.82, 2.24) is 0 Å². The van der Waals surface area contributed by atoms with Crippen molar-refractivity contribution in [2.75, 3.05) is 0 Å². The molecular formula is C25H35F2IO. The zero-order valence-corrected chi connectivity index (χ0v) is 19.9. The normalized spacial score (nSPS) is 40.7. The lowest BCUT2D eigenvalue weighted by Crippen LogP contribution is -2.36. The molecule has 3 atom stereocenters. The summed E-state index contributed by atoms with van der Waals surface area (Å²) in [4.78, 5) is 0. The molecule has 0 radical (unpaired) electrons. The Morgan fingerprint density at radius 3 is 2.10 bits per heavy atom. The summed E-state index contributed by atoms with van der Waals surface area (Å²) in [7, 11) is 0. The van der Waals surface area contributed by atoms with E-state index in [1.165, 1.54) is 32.1 Å². The van der Waals surface area contributed by atoms with E-state index in [1.54, 1.807) is 6.08 Å². The van der Waals surface area contributed by atoms with Crippen molar-refractivity contribution in [2.45, 2.75) is 81.7 Å². The van der Waals surface area contributed by atoms with Crippen LogP contribution >= 0.6 is 22.6 Å². The van der Waals surface area contributed by atoms with Crippen molar-refractivity contribution in [3.05, 3.63) is 35.6 Å². The fourth-order valence-electron chi connectivity index (χ4n) is 5.69. The minimum atomic E-state index is -3.07. The Labute approximate surface area is 188 Å². The summed E-state index contributed by atoms with van der Waals surface area (Å²) >= 11 is 2.46. The highest BCUT2D eigenvalue weighted by Gasteiger charge is 2.46. The lowest BCUT2D eigenvalue weighted by Gasteiger charge is -2.39. The van der Waals surface area contributed by atoms with E-state index in [-0.39, 0.29) is 5.92 Å². The van der Waals surface area contributed by atoms with Crippen LogP contribution in [0.2, 0.25) is 0 Å². The van der Waals surface area contributed by atoms with E-state index in [0.29, 0.717) is 34.4 Å². The van der Waals surface area contributed by atoms with E-state index in [4.69, 9.17) is 4.74 Å². The maximum absolute atomic E-state index is 15.0. The van der Waals surface area contributed by atoms with Crippen LogP contribution in [-0.2, 0) is 4.74 Å². The zero-order chi connectivity index (χ0) is 20.6. The van der Waals surface area contributed by atoms with E-state index in [1.807, 2.05) is 19.1 Å². The summed E-state index contributed by atoms with van der Waals surface area (Å²) in [5.41, 5.74) is 1.13. The van der Waals surface area contributed by atoms with Crippen LogP contribution in [0.1, 0.15) is 71.6 Å². The molecule has 0 aliphatic heterocycles. The fourth-order valence-corrected chi connectivity index (χ4v) is 6.75. The number of ether oxygens (including phenoxy) is 1. The van der Waals surface area contributed by atoms with Gasteiger partial charge in [-0.25, -0.2) is 0 Å². The number of alkyl halides is 3. The van der Waals surface area contributed by atoms with Crippen LogP contribution in [0, 0.1) is 35.5 Å². The third-order valence-corrected chi connectivity index (χ3v) is 9.24. The van der Waals surface area contributed by atoms with E-state index in [2.05, 4.69) is 35.6 Å². The zero-order valence-electron chi connectivity index (χ0n) is 17.8. The third kappa shape index (κ3) is 5.46. The first-order valence-electron chi connectivity index (χ1n) is 11.6. The molecule has 0 amide bonds. The van der Waals surface area contributed by atoms with E-state index in [9.17, 15) is 0 Å². The van der Waals surface area contributed by atoms with Gasteiger partial charge in [0.15, 0.2) is 0 Å². The summed E-state index contributed by atoms with van der Waals surface area (Å²) in [5.74, 6) is 2.74. The van der Waals surface area contributed by atoms with Gasteiger partial charge in [0.05, 0.1) is 5.92 Å². The van der Waals surface area contributed by atoms with E-state index < -0.39 is 12.0 Å². The Morgan fingerprint density at radius 2 is 1.52 bits per heavy atom. The van der Waals surface area contributed by atoms with Gasteiger partial charge in [-0.3, -0.25) is 0 Å². The average Bonchev–Trinajstić information content (AvgIpc) is 3.45. The largest absolute Gasteiger partial charge is 0.433 e. The second-order valence-corrected chi connectivity index (χ2v) is 11.7. The van der Waals surface area contributed by atoms with Crippen LogP contribution in [0.3, 0.4) is 0 Å². The van der Waals surface area contributed by atoms with Crippen LogP contribution < -0.4 is 0 Å². The third-order valence-electron chi connectivity index (χ3n) is 7.80. The number of halogens is 3. The van der Waals surface area contributed by atoms with Crippen molar-refractivity contribution in [3.63, 3.8) is 0 Å². The number of allylic oxidation sites excluding steroid dienone is 5. The second kappa shape index (κ2) is 9.00. The molecule has 0 spiro atoms. The van der Waals surface area contributed by atoms with Gasteiger partial charge in [-0.15, -0.1) is 0 Å². The highest BCUT2D eigenvalue weighted by Crippen LogP contribution is 2.48. The number of hydrogen-bond acceptors (Lipinski definition) is 1. The van der Waals surface area contributed by atoms with Gasteiger partial charge in [0, 0.05) is 9.84 Å². The molecule has 162 valence electrons. The topological polar surface area (TPSA) is 9.23 Å². The lowest BCUT2D eigenvalue weighted by molar-refractivity contribution is -0.254. The molecule has 3 saturated carbocycles. The van der Waals surface area contributed by atoms with Gasteiger partial charge in [0.25, 0.3) is 0 Å². The van der Waals surface area contributed by atoms with E-state index in [0.717, 1.165) is 30.3 Å². The van der Waals surface area contributed by atoms with Crippen molar-refractivity contribution >= 4 is 22.6 Å². The summed E-state index contributed by atoms with van der Waals surface area (Å²) in [6.45, 7) is 4.38. The molecular weight excluding hydrogens is 481 g/mol. The molecule has 0 N–H and O–H groups in total. The molecule has 4 heteroatoms. The number of hydrogen-bond donors (Lipinski definition) is 0. The van der Waals surface area contributed by atoms with Gasteiger partial charge in [-0.1, -0.05) is 60.1 Å². The van der Waals surface area contributed by atoms with Crippen molar-refractivity contribution < 1.29 is 13.5 Å². The SMILES string of the molecule is CC1=CC(C2CC2I)C=C(OC(F)(F)C2CCC(C3CCC(C)CC3)CC2)C=C1. The van der Waals surface area contributed by atoms with Crippen molar-refractivity contribution in [3.8, 4) is 0 Å². The Balaban J connectivity index is 1.34. The molecule has 4 aliphatic rings. The van der Waals surface area contributed by atoms with E-state index >= 15 is 8.78 Å². The molecule has 4 aliphatic carbocycles. The Bertz CT molecular complexity index is 666. The molecule has 0 aromatic heterocycles. The molecule has 0 heterocycles. The monoisotopic (exact) mass is 516 g/mol. The van der Waals surface area contributed by atoms with Crippen LogP contribution in [-0.4, -0.2) is 10.0 Å². The highest BCUT2D eigenvalue weighted by atomic mass is 127. The smallest absolute Gasteiger partial charge is 0.400 e. The molecule has 0 aromatic carbocycles. The van der Waals surface area contributed by atoms with Crippen molar-refractivity contribution in [2.24, 2.45) is 35.5 Å². The van der Waals surface area contributed by atoms with Crippen molar-refractivity contribution in [1.29, 1.82) is 0 Å². The molecule has 1 nitrogen and oxygen atoms in total.